The monoisotopic (exact) mass is 338 g/mol. The first-order valence-electron chi connectivity index (χ1n) is 7.51. The largest absolute Gasteiger partial charge is 0.397 e. The van der Waals surface area contributed by atoms with E-state index in [1.54, 1.807) is 0 Å². The van der Waals surface area contributed by atoms with Crippen LogP contribution in [0.4, 0.5) is 11.4 Å². The number of halogens is 1. The zero-order valence-corrected chi connectivity index (χ0v) is 13.7. The third-order valence-corrected chi connectivity index (χ3v) is 5.39. The van der Waals surface area contributed by atoms with Crippen LogP contribution in [0.15, 0.2) is 22.7 Å². The fourth-order valence-electron chi connectivity index (χ4n) is 3.74. The summed E-state index contributed by atoms with van der Waals surface area (Å²) in [6, 6.07) is 6.69. The Morgan fingerprint density at radius 3 is 2.80 bits per heavy atom. The molecule has 0 bridgehead atoms. The van der Waals surface area contributed by atoms with Gasteiger partial charge in [0.1, 0.15) is 0 Å². The van der Waals surface area contributed by atoms with Crippen LogP contribution in [-0.4, -0.2) is 25.3 Å². The Kier molecular flexibility index (Phi) is 3.95. The molecule has 1 unspecified atom stereocenters. The van der Waals surface area contributed by atoms with E-state index in [0.29, 0.717) is 6.04 Å². The molecule has 1 aromatic rings. The molecule has 3 nitrogen and oxygen atoms in total. The van der Waals surface area contributed by atoms with Crippen LogP contribution in [0.1, 0.15) is 38.5 Å². The highest BCUT2D eigenvalue weighted by Crippen LogP contribution is 2.42. The number of nitrogen functional groups attached to an aromatic ring is 1. The molecule has 1 spiro atoms. The maximum atomic E-state index is 6.17. The second kappa shape index (κ2) is 5.57. The van der Waals surface area contributed by atoms with E-state index < -0.39 is 0 Å². The summed E-state index contributed by atoms with van der Waals surface area (Å²) in [5.41, 5.74) is 8.30. The van der Waals surface area contributed by atoms with Gasteiger partial charge in [-0.1, -0.05) is 28.8 Å². The van der Waals surface area contributed by atoms with Crippen LogP contribution in [0, 0.1) is 0 Å². The minimum Gasteiger partial charge on any atom is -0.397 e. The molecule has 2 fully saturated rings. The fraction of sp³-hybridized carbons (Fsp3) is 0.625. The molecule has 2 N–H and O–H groups in total. The highest BCUT2D eigenvalue weighted by Gasteiger charge is 2.41. The molecule has 2 aliphatic rings. The number of ether oxygens (including phenoxy) is 1. The number of rotatable bonds is 2. The van der Waals surface area contributed by atoms with E-state index >= 15 is 0 Å². The maximum Gasteiger partial charge on any atom is 0.0702 e. The second-order valence-corrected chi connectivity index (χ2v) is 7.11. The molecule has 0 radical (unpaired) electrons. The third kappa shape index (κ3) is 2.68. The lowest BCUT2D eigenvalue weighted by Crippen LogP contribution is -2.46. The molecule has 110 valence electrons. The molecule has 4 heteroatoms. The van der Waals surface area contributed by atoms with Gasteiger partial charge < -0.3 is 15.4 Å². The topological polar surface area (TPSA) is 38.5 Å². The number of anilines is 2. The van der Waals surface area contributed by atoms with Crippen molar-refractivity contribution in [1.82, 2.24) is 0 Å². The quantitative estimate of drug-likeness (QED) is 0.829. The van der Waals surface area contributed by atoms with Crippen LogP contribution in [-0.2, 0) is 4.74 Å². The van der Waals surface area contributed by atoms with Crippen molar-refractivity contribution in [3.8, 4) is 0 Å². The summed E-state index contributed by atoms with van der Waals surface area (Å²) >= 11 is 3.47. The average molecular weight is 339 g/mol. The van der Waals surface area contributed by atoms with Gasteiger partial charge in [0.15, 0.2) is 0 Å². The average Bonchev–Trinajstić information content (AvgIpc) is 2.86. The summed E-state index contributed by atoms with van der Waals surface area (Å²) in [5, 5.41) is 0. The van der Waals surface area contributed by atoms with Gasteiger partial charge in [-0.3, -0.25) is 0 Å². The van der Waals surface area contributed by atoms with Gasteiger partial charge in [-0.25, -0.2) is 0 Å². The van der Waals surface area contributed by atoms with Gasteiger partial charge in [-0.05, 0) is 43.9 Å². The van der Waals surface area contributed by atoms with Crippen molar-refractivity contribution < 1.29 is 4.74 Å². The molecule has 0 amide bonds. The third-order valence-electron chi connectivity index (χ3n) is 4.90. The molecule has 3 rings (SSSR count). The second-order valence-electron chi connectivity index (χ2n) is 6.20. The Hall–Kier alpha value is -0.740. The summed E-state index contributed by atoms with van der Waals surface area (Å²) in [5.74, 6) is 0. The van der Waals surface area contributed by atoms with Gasteiger partial charge >= 0.3 is 0 Å². The van der Waals surface area contributed by atoms with Crippen LogP contribution in [0.2, 0.25) is 0 Å². The molecule has 1 saturated heterocycles. The van der Waals surface area contributed by atoms with Gasteiger partial charge in [-0.2, -0.15) is 0 Å². The van der Waals surface area contributed by atoms with Crippen molar-refractivity contribution >= 4 is 27.3 Å². The smallest absolute Gasteiger partial charge is 0.0702 e. The van der Waals surface area contributed by atoms with E-state index in [9.17, 15) is 0 Å². The Balaban J connectivity index is 1.77. The maximum absolute atomic E-state index is 6.17. The molecule has 1 saturated carbocycles. The van der Waals surface area contributed by atoms with E-state index in [4.69, 9.17) is 10.5 Å². The Morgan fingerprint density at radius 2 is 2.10 bits per heavy atom. The van der Waals surface area contributed by atoms with E-state index in [-0.39, 0.29) is 5.60 Å². The molecule has 1 aliphatic carbocycles. The van der Waals surface area contributed by atoms with Crippen LogP contribution >= 0.6 is 15.9 Å². The van der Waals surface area contributed by atoms with Gasteiger partial charge in [0, 0.05) is 24.2 Å². The number of benzene rings is 1. The lowest BCUT2D eigenvalue weighted by atomic mass is 9.88. The van der Waals surface area contributed by atoms with Crippen LogP contribution in [0.5, 0.6) is 0 Å². The summed E-state index contributed by atoms with van der Waals surface area (Å²) < 4.78 is 7.16. The standard InChI is InChI=1S/C16H23BrN2O/c1-19(15-5-4-12(17)10-14(15)18)13-6-9-20-16(11-13)7-2-3-8-16/h4-5,10,13H,2-3,6-9,11,18H2,1H3. The summed E-state index contributed by atoms with van der Waals surface area (Å²) in [7, 11) is 2.16. The van der Waals surface area contributed by atoms with E-state index in [2.05, 4.69) is 40.0 Å². The van der Waals surface area contributed by atoms with Crippen LogP contribution in [0.3, 0.4) is 0 Å². The van der Waals surface area contributed by atoms with Gasteiger partial charge in [-0.15, -0.1) is 0 Å². The predicted octanol–water partition coefficient (Wildman–Crippen LogP) is 3.96. The zero-order valence-electron chi connectivity index (χ0n) is 12.1. The molecule has 20 heavy (non-hydrogen) atoms. The summed E-state index contributed by atoms with van der Waals surface area (Å²) in [6.45, 7) is 0.880. The van der Waals surface area contributed by atoms with Crippen molar-refractivity contribution in [1.29, 1.82) is 0 Å². The zero-order chi connectivity index (χ0) is 14.2. The molecular weight excluding hydrogens is 316 g/mol. The first-order chi connectivity index (χ1) is 9.60. The summed E-state index contributed by atoms with van der Waals surface area (Å²) in [6.07, 6.45) is 7.32. The number of nitrogens with two attached hydrogens (primary N) is 1. The van der Waals surface area contributed by atoms with Crippen molar-refractivity contribution in [3.05, 3.63) is 22.7 Å². The van der Waals surface area contributed by atoms with E-state index in [1.165, 1.54) is 25.7 Å². The SMILES string of the molecule is CN(c1ccc(Br)cc1N)C1CCOC2(CCCC2)C1. The predicted molar refractivity (Wildman–Crippen MR) is 87.1 cm³/mol. The highest BCUT2D eigenvalue weighted by molar-refractivity contribution is 9.10. The van der Waals surface area contributed by atoms with Gasteiger partial charge in [0.2, 0.25) is 0 Å². The Bertz CT molecular complexity index is 485. The molecule has 1 heterocycles. The van der Waals surface area contributed by atoms with Crippen LogP contribution in [0.25, 0.3) is 0 Å². The fourth-order valence-corrected chi connectivity index (χ4v) is 4.12. The van der Waals surface area contributed by atoms with Crippen LogP contribution < -0.4 is 10.6 Å². The lowest BCUT2D eigenvalue weighted by molar-refractivity contribution is -0.0795. The molecule has 0 aromatic heterocycles. The van der Waals surface area contributed by atoms with Gasteiger partial charge in [0.05, 0.1) is 17.0 Å². The number of nitrogens with zero attached hydrogens (tertiary/aromatic N) is 1. The van der Waals surface area contributed by atoms with Crippen molar-refractivity contribution in [2.45, 2.75) is 50.2 Å². The Morgan fingerprint density at radius 1 is 1.35 bits per heavy atom. The van der Waals surface area contributed by atoms with E-state index in [0.717, 1.165) is 35.3 Å². The van der Waals surface area contributed by atoms with Gasteiger partial charge in [0.25, 0.3) is 0 Å². The minimum absolute atomic E-state index is 0.154. The lowest BCUT2D eigenvalue weighted by Gasteiger charge is -2.42. The van der Waals surface area contributed by atoms with E-state index in [1.807, 2.05) is 6.07 Å². The first kappa shape index (κ1) is 14.2. The minimum atomic E-state index is 0.154. The molecule has 1 atom stereocenters. The van der Waals surface area contributed by atoms with Crippen molar-refractivity contribution in [2.24, 2.45) is 0 Å². The Labute approximate surface area is 129 Å². The number of hydrogen-bond acceptors (Lipinski definition) is 3. The van der Waals surface area contributed by atoms with Crippen molar-refractivity contribution in [3.63, 3.8) is 0 Å². The van der Waals surface area contributed by atoms with Crippen molar-refractivity contribution in [2.75, 3.05) is 24.3 Å². The normalized spacial score (nSPS) is 25.0. The first-order valence-corrected chi connectivity index (χ1v) is 8.31. The molecule has 1 aliphatic heterocycles. The number of hydrogen-bond donors (Lipinski definition) is 1. The highest BCUT2D eigenvalue weighted by atomic mass is 79.9. The molecular formula is C16H23BrN2O. The molecule has 1 aromatic carbocycles. The summed E-state index contributed by atoms with van der Waals surface area (Å²) in [4.78, 5) is 2.35.